The summed E-state index contributed by atoms with van der Waals surface area (Å²) >= 11 is 0. The quantitative estimate of drug-likeness (QED) is 0.761. The van der Waals surface area contributed by atoms with Gasteiger partial charge in [-0.2, -0.15) is 5.10 Å². The highest BCUT2D eigenvalue weighted by atomic mass is 15.3. The number of rotatable bonds is 3. The first-order valence-corrected chi connectivity index (χ1v) is 6.07. The van der Waals surface area contributed by atoms with Crippen molar-refractivity contribution in [1.29, 1.82) is 0 Å². The van der Waals surface area contributed by atoms with Crippen molar-refractivity contribution in [3.63, 3.8) is 0 Å². The lowest BCUT2D eigenvalue weighted by Crippen LogP contribution is -2.21. The first-order chi connectivity index (χ1) is 8.90. The Morgan fingerprint density at radius 1 is 1.00 bits per heavy atom. The molecule has 1 heterocycles. The smallest absolute Gasteiger partial charge is 0.0897 e. The lowest BCUT2D eigenvalue weighted by molar-refractivity contribution is 0.549. The highest BCUT2D eigenvalue weighted by Crippen LogP contribution is 2.22. The van der Waals surface area contributed by atoms with Crippen LogP contribution in [0, 0.1) is 0 Å². The van der Waals surface area contributed by atoms with Crippen molar-refractivity contribution >= 4 is 10.9 Å². The largest absolute Gasteiger partial charge is 0.328 e. The second-order valence-corrected chi connectivity index (χ2v) is 4.31. The van der Waals surface area contributed by atoms with E-state index in [2.05, 4.69) is 29.4 Å². The van der Waals surface area contributed by atoms with Crippen molar-refractivity contribution in [1.82, 2.24) is 9.78 Å². The summed E-state index contributed by atoms with van der Waals surface area (Å²) < 4.78 is 2.00. The van der Waals surface area contributed by atoms with Gasteiger partial charge in [0.2, 0.25) is 0 Å². The molecule has 0 saturated heterocycles. The third-order valence-corrected chi connectivity index (χ3v) is 3.21. The number of para-hydroxylation sites is 1. The van der Waals surface area contributed by atoms with Crippen LogP contribution >= 0.6 is 0 Å². The summed E-state index contributed by atoms with van der Waals surface area (Å²) in [5, 5.41) is 5.62. The van der Waals surface area contributed by atoms with Gasteiger partial charge >= 0.3 is 0 Å². The Balaban J connectivity index is 2.12. The van der Waals surface area contributed by atoms with Crippen LogP contribution in [0.1, 0.15) is 11.6 Å². The zero-order valence-electron chi connectivity index (χ0n) is 10.0. The van der Waals surface area contributed by atoms with E-state index in [1.165, 1.54) is 5.56 Å². The van der Waals surface area contributed by atoms with Crippen molar-refractivity contribution in [2.45, 2.75) is 6.04 Å². The Bertz CT molecular complexity index is 643. The van der Waals surface area contributed by atoms with E-state index in [1.54, 1.807) is 0 Å². The third-order valence-electron chi connectivity index (χ3n) is 3.21. The first-order valence-electron chi connectivity index (χ1n) is 6.07. The molecule has 3 rings (SSSR count). The van der Waals surface area contributed by atoms with E-state index in [4.69, 9.17) is 5.73 Å². The number of fused-ring (bicyclic) bond motifs is 1. The standard InChI is InChI=1S/C15H15N3/c16-10-15(12-6-2-1-3-7-12)18-14-9-5-4-8-13(14)11-17-18/h1-9,11,15H,10,16H2. The maximum absolute atomic E-state index is 5.93. The molecule has 0 aliphatic heterocycles. The molecule has 0 fully saturated rings. The molecule has 0 bridgehead atoms. The summed E-state index contributed by atoms with van der Waals surface area (Å²) in [5.41, 5.74) is 8.24. The summed E-state index contributed by atoms with van der Waals surface area (Å²) in [4.78, 5) is 0. The molecule has 1 atom stereocenters. The monoisotopic (exact) mass is 237 g/mol. The lowest BCUT2D eigenvalue weighted by atomic mass is 10.1. The molecule has 0 spiro atoms. The molecule has 2 N–H and O–H groups in total. The van der Waals surface area contributed by atoms with Crippen LogP contribution in [0.4, 0.5) is 0 Å². The van der Waals surface area contributed by atoms with E-state index in [1.807, 2.05) is 41.2 Å². The van der Waals surface area contributed by atoms with Gasteiger partial charge in [-0.15, -0.1) is 0 Å². The van der Waals surface area contributed by atoms with Gasteiger partial charge in [-0.1, -0.05) is 48.5 Å². The van der Waals surface area contributed by atoms with Crippen molar-refractivity contribution < 1.29 is 0 Å². The SMILES string of the molecule is NCC(c1ccccc1)n1ncc2ccccc21. The maximum Gasteiger partial charge on any atom is 0.0897 e. The third kappa shape index (κ3) is 1.79. The summed E-state index contributed by atoms with van der Waals surface area (Å²) in [6, 6.07) is 18.5. The fourth-order valence-electron chi connectivity index (χ4n) is 2.29. The van der Waals surface area contributed by atoms with Gasteiger partial charge in [0.1, 0.15) is 0 Å². The molecule has 3 heteroatoms. The average molecular weight is 237 g/mol. The number of aromatic nitrogens is 2. The van der Waals surface area contributed by atoms with Crippen LogP contribution in [0.2, 0.25) is 0 Å². The Kier molecular flexibility index (Phi) is 2.82. The predicted octanol–water partition coefficient (Wildman–Crippen LogP) is 2.58. The zero-order chi connectivity index (χ0) is 12.4. The highest BCUT2D eigenvalue weighted by Gasteiger charge is 2.14. The fourth-order valence-corrected chi connectivity index (χ4v) is 2.29. The van der Waals surface area contributed by atoms with Crippen molar-refractivity contribution in [2.24, 2.45) is 5.73 Å². The molecule has 3 nitrogen and oxygen atoms in total. The van der Waals surface area contributed by atoms with E-state index < -0.39 is 0 Å². The number of nitrogens with two attached hydrogens (primary N) is 1. The van der Waals surface area contributed by atoms with Crippen LogP contribution in [0.3, 0.4) is 0 Å². The van der Waals surface area contributed by atoms with Crippen molar-refractivity contribution in [3.05, 3.63) is 66.4 Å². The van der Waals surface area contributed by atoms with Gasteiger partial charge in [-0.3, -0.25) is 4.68 Å². The van der Waals surface area contributed by atoms with Gasteiger partial charge in [0.05, 0.1) is 17.8 Å². The molecule has 1 unspecified atom stereocenters. The summed E-state index contributed by atoms with van der Waals surface area (Å²) in [7, 11) is 0. The van der Waals surface area contributed by atoms with Crippen LogP contribution in [0.5, 0.6) is 0 Å². The first kappa shape index (κ1) is 11.0. The lowest BCUT2D eigenvalue weighted by Gasteiger charge is -2.17. The highest BCUT2D eigenvalue weighted by molar-refractivity contribution is 5.78. The molecule has 18 heavy (non-hydrogen) atoms. The summed E-state index contributed by atoms with van der Waals surface area (Å²) in [5.74, 6) is 0. The topological polar surface area (TPSA) is 43.8 Å². The number of hydrogen-bond donors (Lipinski definition) is 1. The van der Waals surface area contributed by atoms with Gasteiger partial charge in [0.15, 0.2) is 0 Å². The minimum atomic E-state index is 0.0890. The van der Waals surface area contributed by atoms with Gasteiger partial charge in [-0.25, -0.2) is 0 Å². The van der Waals surface area contributed by atoms with Gasteiger partial charge in [0, 0.05) is 11.9 Å². The van der Waals surface area contributed by atoms with Crippen molar-refractivity contribution in [3.8, 4) is 0 Å². The van der Waals surface area contributed by atoms with E-state index in [0.717, 1.165) is 10.9 Å². The molecule has 1 aromatic heterocycles. The second-order valence-electron chi connectivity index (χ2n) is 4.31. The molecular weight excluding hydrogens is 222 g/mol. The van der Waals surface area contributed by atoms with Crippen LogP contribution in [-0.2, 0) is 0 Å². The van der Waals surface area contributed by atoms with Gasteiger partial charge in [0.25, 0.3) is 0 Å². The van der Waals surface area contributed by atoms with E-state index in [0.29, 0.717) is 6.54 Å². The van der Waals surface area contributed by atoms with E-state index in [9.17, 15) is 0 Å². The number of nitrogens with zero attached hydrogens (tertiary/aromatic N) is 2. The number of benzene rings is 2. The Morgan fingerprint density at radius 3 is 2.50 bits per heavy atom. The average Bonchev–Trinajstić information content (AvgIpc) is 2.85. The normalized spacial score (nSPS) is 12.7. The van der Waals surface area contributed by atoms with E-state index >= 15 is 0 Å². The molecule has 3 aromatic rings. The minimum absolute atomic E-state index is 0.0890. The van der Waals surface area contributed by atoms with E-state index in [-0.39, 0.29) is 6.04 Å². The van der Waals surface area contributed by atoms with Crippen molar-refractivity contribution in [2.75, 3.05) is 6.54 Å². The Hall–Kier alpha value is -2.13. The maximum atomic E-state index is 5.93. The second kappa shape index (κ2) is 4.63. The van der Waals surface area contributed by atoms with Crippen LogP contribution < -0.4 is 5.73 Å². The zero-order valence-corrected chi connectivity index (χ0v) is 10.0. The van der Waals surface area contributed by atoms with Crippen LogP contribution in [0.25, 0.3) is 10.9 Å². The molecular formula is C15H15N3. The van der Waals surface area contributed by atoms with Gasteiger partial charge < -0.3 is 5.73 Å². The molecule has 0 radical (unpaired) electrons. The molecule has 90 valence electrons. The van der Waals surface area contributed by atoms with Gasteiger partial charge in [-0.05, 0) is 11.6 Å². The number of hydrogen-bond acceptors (Lipinski definition) is 2. The Labute approximate surface area is 106 Å². The summed E-state index contributed by atoms with van der Waals surface area (Å²) in [6.45, 7) is 0.537. The van der Waals surface area contributed by atoms with Crippen LogP contribution in [0.15, 0.2) is 60.8 Å². The fraction of sp³-hybridized carbons (Fsp3) is 0.133. The molecule has 0 aliphatic carbocycles. The summed E-state index contributed by atoms with van der Waals surface area (Å²) in [6.07, 6.45) is 1.89. The minimum Gasteiger partial charge on any atom is -0.328 e. The molecule has 2 aromatic carbocycles. The van der Waals surface area contributed by atoms with Crippen LogP contribution in [-0.4, -0.2) is 16.3 Å². The predicted molar refractivity (Wildman–Crippen MR) is 73.4 cm³/mol. The Morgan fingerprint density at radius 2 is 1.72 bits per heavy atom. The molecule has 0 saturated carbocycles. The molecule has 0 amide bonds. The molecule has 0 aliphatic rings.